The molecule has 1 aromatic rings. The smallest absolute Gasteiger partial charge is 0.238 e. The molecule has 0 aliphatic carbocycles. The topological polar surface area (TPSA) is 58.4 Å². The first-order valence-electron chi connectivity index (χ1n) is 6.27. The second kappa shape index (κ2) is 6.08. The number of amides is 1. The van der Waals surface area contributed by atoms with E-state index < -0.39 is 11.6 Å². The predicted molar refractivity (Wildman–Crippen MR) is 68.6 cm³/mol. The van der Waals surface area contributed by atoms with Gasteiger partial charge in [0.25, 0.3) is 0 Å². The molecule has 1 atom stereocenters. The molecule has 0 bridgehead atoms. The Kier molecular flexibility index (Phi) is 4.44. The van der Waals surface area contributed by atoms with Crippen LogP contribution in [0.1, 0.15) is 12.8 Å². The minimum atomic E-state index is -0.774. The molecule has 0 unspecified atom stereocenters. The molecule has 1 fully saturated rings. The molecule has 1 amide bonds. The van der Waals surface area contributed by atoms with Crippen molar-refractivity contribution in [2.45, 2.75) is 18.9 Å². The van der Waals surface area contributed by atoms with Gasteiger partial charge in [-0.05, 0) is 31.5 Å². The van der Waals surface area contributed by atoms with Crippen LogP contribution in [0, 0.1) is 11.6 Å². The lowest BCUT2D eigenvalue weighted by molar-refractivity contribution is -0.117. The number of carbonyl (C=O) groups excluding carboxylic acids is 1. The van der Waals surface area contributed by atoms with Crippen LogP contribution >= 0.6 is 0 Å². The summed E-state index contributed by atoms with van der Waals surface area (Å²) in [6.07, 6.45) is 1.92. The van der Waals surface area contributed by atoms with Crippen molar-refractivity contribution in [3.05, 3.63) is 29.8 Å². The Bertz CT molecular complexity index is 467. The highest BCUT2D eigenvalue weighted by Gasteiger charge is 2.19. The molecule has 1 aliphatic heterocycles. The SMILES string of the molecule is N[C@@H]1CCCN(CC(=O)Nc2ccc(F)cc2F)C1. The number of hydrogen-bond donors (Lipinski definition) is 2. The van der Waals surface area contributed by atoms with Crippen LogP contribution in [0.3, 0.4) is 0 Å². The van der Waals surface area contributed by atoms with Crippen LogP contribution in [0.25, 0.3) is 0 Å². The molecule has 1 saturated heterocycles. The van der Waals surface area contributed by atoms with Crippen LogP contribution in [0.15, 0.2) is 18.2 Å². The summed E-state index contributed by atoms with van der Waals surface area (Å²) in [5.41, 5.74) is 5.81. The van der Waals surface area contributed by atoms with Crippen molar-refractivity contribution in [3.8, 4) is 0 Å². The summed E-state index contributed by atoms with van der Waals surface area (Å²) in [6.45, 7) is 1.65. The highest BCUT2D eigenvalue weighted by molar-refractivity contribution is 5.92. The van der Waals surface area contributed by atoms with Gasteiger partial charge in [0.2, 0.25) is 5.91 Å². The van der Waals surface area contributed by atoms with Gasteiger partial charge in [0.05, 0.1) is 12.2 Å². The molecule has 0 saturated carbocycles. The number of nitrogens with one attached hydrogen (secondary N) is 1. The van der Waals surface area contributed by atoms with E-state index in [9.17, 15) is 13.6 Å². The summed E-state index contributed by atoms with van der Waals surface area (Å²) >= 11 is 0. The third-order valence-corrected chi connectivity index (χ3v) is 3.11. The molecule has 1 aromatic carbocycles. The molecule has 0 aromatic heterocycles. The van der Waals surface area contributed by atoms with E-state index >= 15 is 0 Å². The third-order valence-electron chi connectivity index (χ3n) is 3.11. The van der Waals surface area contributed by atoms with E-state index in [4.69, 9.17) is 5.73 Å². The Hall–Kier alpha value is -1.53. The van der Waals surface area contributed by atoms with Gasteiger partial charge in [-0.2, -0.15) is 0 Å². The van der Waals surface area contributed by atoms with Crippen molar-refractivity contribution in [1.82, 2.24) is 4.90 Å². The Balaban J connectivity index is 1.90. The molecule has 3 N–H and O–H groups in total. The molecular weight excluding hydrogens is 252 g/mol. The number of rotatable bonds is 3. The first-order valence-corrected chi connectivity index (χ1v) is 6.27. The van der Waals surface area contributed by atoms with Crippen LogP contribution in [0.4, 0.5) is 14.5 Å². The average Bonchev–Trinajstić information content (AvgIpc) is 2.33. The molecule has 19 heavy (non-hydrogen) atoms. The summed E-state index contributed by atoms with van der Waals surface area (Å²) < 4.78 is 26.1. The van der Waals surface area contributed by atoms with Crippen LogP contribution in [-0.4, -0.2) is 36.5 Å². The highest BCUT2D eigenvalue weighted by atomic mass is 19.1. The molecule has 0 radical (unpaired) electrons. The lowest BCUT2D eigenvalue weighted by atomic mass is 10.1. The van der Waals surface area contributed by atoms with Crippen LogP contribution < -0.4 is 11.1 Å². The number of carbonyl (C=O) groups is 1. The molecule has 1 heterocycles. The summed E-state index contributed by atoms with van der Waals surface area (Å²) in [7, 11) is 0. The number of piperidine rings is 1. The number of anilines is 1. The van der Waals surface area contributed by atoms with E-state index in [-0.39, 0.29) is 24.2 Å². The molecule has 1 aliphatic rings. The Morgan fingerprint density at radius 1 is 1.47 bits per heavy atom. The van der Waals surface area contributed by atoms with Crippen molar-refractivity contribution >= 4 is 11.6 Å². The fourth-order valence-electron chi connectivity index (χ4n) is 2.22. The van der Waals surface area contributed by atoms with E-state index in [1.54, 1.807) is 0 Å². The zero-order chi connectivity index (χ0) is 13.8. The number of nitrogens with zero attached hydrogens (tertiary/aromatic N) is 1. The second-order valence-corrected chi connectivity index (χ2v) is 4.81. The van der Waals surface area contributed by atoms with Crippen LogP contribution in [0.5, 0.6) is 0 Å². The maximum Gasteiger partial charge on any atom is 0.238 e. The Labute approximate surface area is 110 Å². The molecule has 6 heteroatoms. The molecule has 2 rings (SSSR count). The van der Waals surface area contributed by atoms with E-state index in [2.05, 4.69) is 5.32 Å². The maximum atomic E-state index is 13.4. The Morgan fingerprint density at radius 3 is 2.95 bits per heavy atom. The molecule has 104 valence electrons. The maximum absolute atomic E-state index is 13.4. The van der Waals surface area contributed by atoms with Gasteiger partial charge >= 0.3 is 0 Å². The zero-order valence-electron chi connectivity index (χ0n) is 10.5. The zero-order valence-corrected chi connectivity index (χ0v) is 10.5. The molecular formula is C13H17F2N3O. The largest absolute Gasteiger partial charge is 0.327 e. The third kappa shape index (κ3) is 3.97. The first-order chi connectivity index (χ1) is 9.04. The van der Waals surface area contributed by atoms with Gasteiger partial charge in [-0.3, -0.25) is 9.69 Å². The first kappa shape index (κ1) is 13.9. The Morgan fingerprint density at radius 2 is 2.26 bits per heavy atom. The number of halogens is 2. The van der Waals surface area contributed by atoms with Crippen LogP contribution in [-0.2, 0) is 4.79 Å². The summed E-state index contributed by atoms with van der Waals surface area (Å²) in [5.74, 6) is -1.76. The lowest BCUT2D eigenvalue weighted by Gasteiger charge is -2.29. The minimum absolute atomic E-state index is 0.00675. The quantitative estimate of drug-likeness (QED) is 0.870. The van der Waals surface area contributed by atoms with E-state index in [0.717, 1.165) is 31.5 Å². The number of benzene rings is 1. The van der Waals surface area contributed by atoms with E-state index in [1.807, 2.05) is 4.90 Å². The predicted octanol–water partition coefficient (Wildman–Crippen LogP) is 1.33. The van der Waals surface area contributed by atoms with Crippen molar-refractivity contribution in [2.75, 3.05) is 25.0 Å². The van der Waals surface area contributed by atoms with Gasteiger partial charge in [-0.25, -0.2) is 8.78 Å². The van der Waals surface area contributed by atoms with Crippen molar-refractivity contribution in [2.24, 2.45) is 5.73 Å². The van der Waals surface area contributed by atoms with Gasteiger partial charge in [-0.15, -0.1) is 0 Å². The highest BCUT2D eigenvalue weighted by Crippen LogP contribution is 2.15. The number of likely N-dealkylation sites (tertiary alicyclic amines) is 1. The number of hydrogen-bond acceptors (Lipinski definition) is 3. The van der Waals surface area contributed by atoms with Gasteiger partial charge in [0.1, 0.15) is 11.6 Å². The standard InChI is InChI=1S/C13H17F2N3O/c14-9-3-4-12(11(15)6-9)17-13(19)8-18-5-1-2-10(16)7-18/h3-4,6,10H,1-2,5,7-8,16H2,(H,17,19)/t10-/m1/s1. The van der Waals surface area contributed by atoms with E-state index in [0.29, 0.717) is 6.54 Å². The monoisotopic (exact) mass is 269 g/mol. The fraction of sp³-hybridized carbons (Fsp3) is 0.462. The number of nitrogens with two attached hydrogens (primary N) is 1. The molecule has 0 spiro atoms. The minimum Gasteiger partial charge on any atom is -0.327 e. The summed E-state index contributed by atoms with van der Waals surface area (Å²) in [4.78, 5) is 13.7. The normalized spacial score (nSPS) is 20.3. The van der Waals surface area contributed by atoms with Crippen molar-refractivity contribution in [1.29, 1.82) is 0 Å². The van der Waals surface area contributed by atoms with Gasteiger partial charge in [-0.1, -0.05) is 0 Å². The van der Waals surface area contributed by atoms with E-state index in [1.165, 1.54) is 6.07 Å². The molecule has 4 nitrogen and oxygen atoms in total. The summed E-state index contributed by atoms with van der Waals surface area (Å²) in [5, 5.41) is 2.44. The summed E-state index contributed by atoms with van der Waals surface area (Å²) in [6, 6.07) is 3.15. The van der Waals surface area contributed by atoms with Crippen LogP contribution in [0.2, 0.25) is 0 Å². The van der Waals surface area contributed by atoms with Crippen molar-refractivity contribution < 1.29 is 13.6 Å². The van der Waals surface area contributed by atoms with Gasteiger partial charge in [0.15, 0.2) is 0 Å². The lowest BCUT2D eigenvalue weighted by Crippen LogP contribution is -2.45. The fourth-order valence-corrected chi connectivity index (χ4v) is 2.22. The second-order valence-electron chi connectivity index (χ2n) is 4.81. The van der Waals surface area contributed by atoms with Gasteiger partial charge < -0.3 is 11.1 Å². The van der Waals surface area contributed by atoms with Gasteiger partial charge in [0, 0.05) is 18.7 Å². The average molecular weight is 269 g/mol. The van der Waals surface area contributed by atoms with Crippen molar-refractivity contribution in [3.63, 3.8) is 0 Å².